The van der Waals surface area contributed by atoms with E-state index in [9.17, 15) is 14.4 Å². The summed E-state index contributed by atoms with van der Waals surface area (Å²) >= 11 is 0. The van der Waals surface area contributed by atoms with E-state index in [1.54, 1.807) is 45.0 Å². The van der Waals surface area contributed by atoms with Crippen LogP contribution in [-0.2, 0) is 0 Å². The number of hydrogen-bond donors (Lipinski definition) is 0. The molecule has 0 N–H and O–H groups in total. The first kappa shape index (κ1) is 17.4. The molecule has 130 valence electrons. The molecule has 0 aliphatic rings. The van der Waals surface area contributed by atoms with Crippen molar-refractivity contribution in [2.24, 2.45) is 0 Å². The smallest absolute Gasteiger partial charge is 0.207 e. The van der Waals surface area contributed by atoms with Crippen molar-refractivity contribution < 1.29 is 9.18 Å². The topological polar surface area (TPSA) is 84.5 Å². The molecule has 1 atom stereocenters. The molecule has 3 rings (SSSR count). The maximum absolute atomic E-state index is 13.1. The molecule has 6 nitrogen and oxygen atoms in total. The van der Waals surface area contributed by atoms with E-state index in [0.717, 1.165) is 0 Å². The zero-order valence-corrected chi connectivity index (χ0v) is 14.6. The Hall–Kier alpha value is -3.40. The number of rotatable bonds is 4. The molecular weight excluding hydrogens is 333 g/mol. The van der Waals surface area contributed by atoms with E-state index in [2.05, 4.69) is 15.1 Å². The Morgan fingerprint density at radius 2 is 1.73 bits per heavy atom. The van der Waals surface area contributed by atoms with Gasteiger partial charge in [0.2, 0.25) is 5.78 Å². The van der Waals surface area contributed by atoms with Crippen LogP contribution in [0.4, 0.5) is 4.39 Å². The quantitative estimate of drug-likeness (QED) is 0.675. The summed E-state index contributed by atoms with van der Waals surface area (Å²) in [6, 6.07) is 11.1. The minimum absolute atomic E-state index is 0.140. The van der Waals surface area contributed by atoms with Gasteiger partial charge in [0.1, 0.15) is 11.5 Å². The number of aryl methyl sites for hydroxylation is 3. The van der Waals surface area contributed by atoms with Gasteiger partial charge in [-0.3, -0.25) is 4.79 Å². The molecule has 0 aliphatic heterocycles. The number of carbonyl (C=O) groups is 1. The van der Waals surface area contributed by atoms with Gasteiger partial charge >= 0.3 is 0 Å². The number of halogens is 1. The van der Waals surface area contributed by atoms with Crippen LogP contribution >= 0.6 is 0 Å². The second kappa shape index (κ2) is 6.84. The van der Waals surface area contributed by atoms with E-state index in [4.69, 9.17) is 0 Å². The molecule has 2 heterocycles. The molecule has 1 aromatic carbocycles. The van der Waals surface area contributed by atoms with Crippen LogP contribution in [0.3, 0.4) is 0 Å². The highest BCUT2D eigenvalue weighted by atomic mass is 19.1. The predicted octanol–water partition coefficient (Wildman–Crippen LogP) is 3.22. The van der Waals surface area contributed by atoms with Crippen molar-refractivity contribution >= 4 is 5.78 Å². The average molecular weight is 349 g/mol. The summed E-state index contributed by atoms with van der Waals surface area (Å²) in [5, 5.41) is 13.8. The fourth-order valence-corrected chi connectivity index (χ4v) is 2.70. The second-order valence-electron chi connectivity index (χ2n) is 5.99. The lowest BCUT2D eigenvalue weighted by molar-refractivity contribution is 0.0971. The van der Waals surface area contributed by atoms with Crippen LogP contribution in [0.25, 0.3) is 5.69 Å². The summed E-state index contributed by atoms with van der Waals surface area (Å²) in [6.45, 7) is 5.34. The summed E-state index contributed by atoms with van der Waals surface area (Å²) in [4.78, 5) is 21.2. The number of carbonyl (C=O) groups excluding carboxylic acids is 1. The van der Waals surface area contributed by atoms with Crippen molar-refractivity contribution in [2.75, 3.05) is 0 Å². The number of hydrogen-bond acceptors (Lipinski definition) is 5. The predicted molar refractivity (Wildman–Crippen MR) is 92.4 cm³/mol. The Morgan fingerprint density at radius 3 is 2.31 bits per heavy atom. The van der Waals surface area contributed by atoms with E-state index in [1.165, 1.54) is 16.8 Å². The number of nitrogens with zero attached hydrogens (tertiary/aromatic N) is 5. The van der Waals surface area contributed by atoms with Gasteiger partial charge in [-0.2, -0.15) is 10.4 Å². The van der Waals surface area contributed by atoms with Crippen LogP contribution < -0.4 is 0 Å². The Morgan fingerprint density at radius 1 is 1.12 bits per heavy atom. The van der Waals surface area contributed by atoms with Crippen LogP contribution in [0.1, 0.15) is 39.3 Å². The highest BCUT2D eigenvalue weighted by Crippen LogP contribution is 2.20. The van der Waals surface area contributed by atoms with Crippen LogP contribution in [0, 0.1) is 37.9 Å². The molecule has 0 aliphatic carbocycles. The highest BCUT2D eigenvalue weighted by molar-refractivity contribution is 6.00. The molecule has 3 aromatic rings. The van der Waals surface area contributed by atoms with E-state index < -0.39 is 11.7 Å². The number of nitriles is 1. The Balaban J connectivity index is 1.98. The lowest BCUT2D eigenvalue weighted by atomic mass is 10.0. The first-order valence-electron chi connectivity index (χ1n) is 7.97. The second-order valence-corrected chi connectivity index (χ2v) is 5.99. The fourth-order valence-electron chi connectivity index (χ4n) is 2.70. The largest absolute Gasteiger partial charge is 0.290 e. The minimum atomic E-state index is -1.13. The average Bonchev–Trinajstić information content (AvgIpc) is 2.97. The van der Waals surface area contributed by atoms with E-state index in [-0.39, 0.29) is 17.3 Å². The van der Waals surface area contributed by atoms with Crippen LogP contribution in [0.2, 0.25) is 0 Å². The van der Waals surface area contributed by atoms with Crippen molar-refractivity contribution in [3.05, 3.63) is 70.8 Å². The first-order chi connectivity index (χ1) is 12.4. The van der Waals surface area contributed by atoms with Crippen molar-refractivity contribution in [2.45, 2.75) is 26.7 Å². The van der Waals surface area contributed by atoms with Crippen molar-refractivity contribution in [3.8, 4) is 11.8 Å². The highest BCUT2D eigenvalue weighted by Gasteiger charge is 2.27. The summed E-state index contributed by atoms with van der Waals surface area (Å²) in [7, 11) is 0. The van der Waals surface area contributed by atoms with Gasteiger partial charge in [-0.1, -0.05) is 0 Å². The van der Waals surface area contributed by atoms with Gasteiger partial charge < -0.3 is 0 Å². The van der Waals surface area contributed by atoms with Gasteiger partial charge in [-0.25, -0.2) is 19.0 Å². The standard InChI is InChI=1S/C19H16FN5O/c1-11-8-12(2)23-19(22-11)16(10-21)18(26)17-9-13(3)25(24-17)15-6-4-14(20)5-7-15/h4-9,16H,1-3H3/t16-/m1/s1. The normalized spacial score (nSPS) is 11.8. The molecule has 7 heteroatoms. The van der Waals surface area contributed by atoms with Gasteiger partial charge in [0, 0.05) is 17.1 Å². The number of Topliss-reactive ketones (excluding diaryl/α,β-unsaturated/α-hetero) is 1. The first-order valence-corrected chi connectivity index (χ1v) is 7.97. The number of ketones is 1. The Kier molecular flexibility index (Phi) is 4.59. The Labute approximate surface area is 150 Å². The van der Waals surface area contributed by atoms with Gasteiger partial charge in [-0.15, -0.1) is 0 Å². The molecule has 0 bridgehead atoms. The third kappa shape index (κ3) is 3.35. The molecule has 26 heavy (non-hydrogen) atoms. The molecule has 0 unspecified atom stereocenters. The monoisotopic (exact) mass is 349 g/mol. The van der Waals surface area contributed by atoms with Crippen LogP contribution in [0.15, 0.2) is 36.4 Å². The van der Waals surface area contributed by atoms with E-state index >= 15 is 0 Å². The summed E-state index contributed by atoms with van der Waals surface area (Å²) < 4.78 is 14.6. The number of aromatic nitrogens is 4. The SMILES string of the molecule is Cc1cc(C)nc([C@H](C#N)C(=O)c2cc(C)n(-c3ccc(F)cc3)n2)n1. The third-order valence-corrected chi connectivity index (χ3v) is 3.86. The summed E-state index contributed by atoms with van der Waals surface area (Å²) in [5.74, 6) is -1.79. The zero-order chi connectivity index (χ0) is 18.8. The van der Waals surface area contributed by atoms with Crippen LogP contribution in [0.5, 0.6) is 0 Å². The minimum Gasteiger partial charge on any atom is -0.290 e. The maximum Gasteiger partial charge on any atom is 0.207 e. The summed E-state index contributed by atoms with van der Waals surface area (Å²) in [5.41, 5.74) is 2.83. The molecular formula is C19H16FN5O. The lowest BCUT2D eigenvalue weighted by Gasteiger charge is -2.07. The molecule has 0 fully saturated rings. The van der Waals surface area contributed by atoms with Gasteiger partial charge in [0.05, 0.1) is 11.8 Å². The van der Waals surface area contributed by atoms with Gasteiger partial charge in [-0.05, 0) is 57.2 Å². The van der Waals surface area contributed by atoms with E-state index in [1.807, 2.05) is 6.07 Å². The lowest BCUT2D eigenvalue weighted by Crippen LogP contribution is -2.16. The zero-order valence-electron chi connectivity index (χ0n) is 14.6. The molecule has 2 aromatic heterocycles. The molecule has 0 amide bonds. The third-order valence-electron chi connectivity index (χ3n) is 3.86. The summed E-state index contributed by atoms with van der Waals surface area (Å²) in [6.07, 6.45) is 0. The molecule has 0 saturated heterocycles. The van der Waals surface area contributed by atoms with Gasteiger partial charge in [0.25, 0.3) is 0 Å². The van der Waals surface area contributed by atoms with Gasteiger partial charge in [0.15, 0.2) is 11.7 Å². The maximum atomic E-state index is 13.1. The molecule has 0 spiro atoms. The molecule has 0 saturated carbocycles. The van der Waals surface area contributed by atoms with Crippen molar-refractivity contribution in [1.29, 1.82) is 5.26 Å². The fraction of sp³-hybridized carbons (Fsp3) is 0.211. The van der Waals surface area contributed by atoms with Crippen molar-refractivity contribution in [1.82, 2.24) is 19.7 Å². The number of benzene rings is 1. The van der Waals surface area contributed by atoms with E-state index in [0.29, 0.717) is 22.8 Å². The van der Waals surface area contributed by atoms with Crippen molar-refractivity contribution in [3.63, 3.8) is 0 Å². The molecule has 0 radical (unpaired) electrons. The van der Waals surface area contributed by atoms with Crippen LogP contribution in [-0.4, -0.2) is 25.5 Å². The Bertz CT molecular complexity index is 997.